The predicted molar refractivity (Wildman–Crippen MR) is 44.1 cm³/mol. The summed E-state index contributed by atoms with van der Waals surface area (Å²) in [7, 11) is 0. The summed E-state index contributed by atoms with van der Waals surface area (Å²) in [5.74, 6) is -2.63. The third-order valence-corrected chi connectivity index (χ3v) is 2.37. The number of hydrogen-bond acceptors (Lipinski definition) is 2. The molecule has 0 heterocycles. The molecule has 5 heteroatoms. The molecule has 0 spiro atoms. The van der Waals surface area contributed by atoms with Gasteiger partial charge in [-0.1, -0.05) is 0 Å². The van der Waals surface area contributed by atoms with Gasteiger partial charge in [0.1, 0.15) is 17.5 Å². The number of halogens is 3. The van der Waals surface area contributed by atoms with Crippen molar-refractivity contribution in [2.45, 2.75) is 4.90 Å². The minimum absolute atomic E-state index is 0.180. The van der Waals surface area contributed by atoms with Crippen LogP contribution in [0.15, 0.2) is 17.0 Å². The average molecular weight is 208 g/mol. The lowest BCUT2D eigenvalue weighted by Crippen LogP contribution is -1.93. The van der Waals surface area contributed by atoms with Crippen LogP contribution in [0.5, 0.6) is 0 Å². The summed E-state index contributed by atoms with van der Waals surface area (Å²) in [6.45, 7) is -0.180. The monoisotopic (exact) mass is 208 g/mol. The zero-order valence-corrected chi connectivity index (χ0v) is 7.37. The summed E-state index contributed by atoms with van der Waals surface area (Å²) in [5.41, 5.74) is 0. The van der Waals surface area contributed by atoms with Gasteiger partial charge >= 0.3 is 0 Å². The SMILES string of the molecule is OCCSc1c(F)cc(F)cc1F. The molecular weight excluding hydrogens is 201 g/mol. The zero-order chi connectivity index (χ0) is 9.84. The fourth-order valence-corrected chi connectivity index (χ4v) is 1.50. The molecule has 13 heavy (non-hydrogen) atoms. The molecule has 0 aliphatic rings. The Labute approximate surface area is 77.6 Å². The highest BCUT2D eigenvalue weighted by atomic mass is 32.2. The topological polar surface area (TPSA) is 20.2 Å². The Morgan fingerprint density at radius 2 is 1.69 bits per heavy atom. The molecule has 0 bridgehead atoms. The van der Waals surface area contributed by atoms with E-state index in [-0.39, 0.29) is 17.3 Å². The van der Waals surface area contributed by atoms with E-state index in [4.69, 9.17) is 5.11 Å². The van der Waals surface area contributed by atoms with Crippen LogP contribution in [0.1, 0.15) is 0 Å². The summed E-state index contributed by atoms with van der Waals surface area (Å²) in [6.07, 6.45) is 0. The van der Waals surface area contributed by atoms with Crippen LogP contribution in [0.3, 0.4) is 0 Å². The molecule has 1 nitrogen and oxygen atoms in total. The van der Waals surface area contributed by atoms with Gasteiger partial charge in [-0.2, -0.15) is 0 Å². The van der Waals surface area contributed by atoms with Gasteiger partial charge in [0.15, 0.2) is 0 Å². The fourth-order valence-electron chi connectivity index (χ4n) is 0.815. The molecular formula is C8H7F3OS. The summed E-state index contributed by atoms with van der Waals surface area (Å²) in [5, 5.41) is 8.42. The number of aliphatic hydroxyl groups excluding tert-OH is 1. The Bertz CT molecular complexity index is 280. The van der Waals surface area contributed by atoms with Crippen LogP contribution in [0.25, 0.3) is 0 Å². The van der Waals surface area contributed by atoms with Crippen LogP contribution in [0.4, 0.5) is 13.2 Å². The second kappa shape index (κ2) is 4.53. The standard InChI is InChI=1S/C8H7F3OS/c9-5-3-6(10)8(7(11)4-5)13-2-1-12/h3-4,12H,1-2H2. The van der Waals surface area contributed by atoms with Gasteiger partial charge in [0.05, 0.1) is 11.5 Å². The smallest absolute Gasteiger partial charge is 0.142 e. The van der Waals surface area contributed by atoms with Crippen molar-refractivity contribution in [1.82, 2.24) is 0 Å². The summed E-state index contributed by atoms with van der Waals surface area (Å²) < 4.78 is 38.1. The highest BCUT2D eigenvalue weighted by molar-refractivity contribution is 7.99. The largest absolute Gasteiger partial charge is 0.396 e. The third kappa shape index (κ3) is 2.63. The molecule has 0 atom stereocenters. The van der Waals surface area contributed by atoms with Crippen molar-refractivity contribution in [3.05, 3.63) is 29.6 Å². The Hall–Kier alpha value is -0.680. The molecule has 1 aromatic rings. The molecule has 0 fully saturated rings. The normalized spacial score (nSPS) is 10.5. The number of benzene rings is 1. The Kier molecular flexibility index (Phi) is 3.62. The highest BCUT2D eigenvalue weighted by Gasteiger charge is 2.11. The molecule has 0 saturated heterocycles. The predicted octanol–water partition coefficient (Wildman–Crippen LogP) is 2.19. The lowest BCUT2D eigenvalue weighted by molar-refractivity contribution is 0.322. The van der Waals surface area contributed by atoms with E-state index in [0.717, 1.165) is 11.8 Å². The molecule has 1 rings (SSSR count). The van der Waals surface area contributed by atoms with Crippen LogP contribution < -0.4 is 0 Å². The second-order valence-corrected chi connectivity index (χ2v) is 3.38. The van der Waals surface area contributed by atoms with Crippen LogP contribution in [0.2, 0.25) is 0 Å². The number of rotatable bonds is 3. The molecule has 0 aromatic heterocycles. The zero-order valence-electron chi connectivity index (χ0n) is 6.56. The van der Waals surface area contributed by atoms with E-state index in [2.05, 4.69) is 0 Å². The Morgan fingerprint density at radius 1 is 1.15 bits per heavy atom. The van der Waals surface area contributed by atoms with Crippen LogP contribution in [-0.4, -0.2) is 17.5 Å². The first-order valence-electron chi connectivity index (χ1n) is 3.53. The van der Waals surface area contributed by atoms with Crippen LogP contribution in [-0.2, 0) is 0 Å². The van der Waals surface area contributed by atoms with Gasteiger partial charge in [-0.25, -0.2) is 13.2 Å². The second-order valence-electron chi connectivity index (χ2n) is 2.27. The lowest BCUT2D eigenvalue weighted by atomic mass is 10.3. The van der Waals surface area contributed by atoms with Crippen molar-refractivity contribution < 1.29 is 18.3 Å². The molecule has 0 saturated carbocycles. The molecule has 1 aromatic carbocycles. The molecule has 1 N–H and O–H groups in total. The molecule has 0 aliphatic heterocycles. The van der Waals surface area contributed by atoms with Crippen molar-refractivity contribution in [2.24, 2.45) is 0 Å². The van der Waals surface area contributed by atoms with Gasteiger partial charge in [0, 0.05) is 17.9 Å². The van der Waals surface area contributed by atoms with Gasteiger partial charge in [0.25, 0.3) is 0 Å². The first-order valence-corrected chi connectivity index (χ1v) is 4.52. The fraction of sp³-hybridized carbons (Fsp3) is 0.250. The lowest BCUT2D eigenvalue weighted by Gasteiger charge is -2.02. The molecule has 0 aliphatic carbocycles. The van der Waals surface area contributed by atoms with Gasteiger partial charge in [-0.05, 0) is 0 Å². The number of hydrogen-bond donors (Lipinski definition) is 1. The van der Waals surface area contributed by atoms with E-state index in [1.165, 1.54) is 0 Å². The van der Waals surface area contributed by atoms with E-state index in [0.29, 0.717) is 12.1 Å². The van der Waals surface area contributed by atoms with Gasteiger partial charge in [-0.15, -0.1) is 11.8 Å². The summed E-state index contributed by atoms with van der Waals surface area (Å²) >= 11 is 0.816. The molecule has 0 unspecified atom stereocenters. The van der Waals surface area contributed by atoms with E-state index < -0.39 is 17.5 Å². The van der Waals surface area contributed by atoms with Crippen molar-refractivity contribution in [3.63, 3.8) is 0 Å². The van der Waals surface area contributed by atoms with E-state index >= 15 is 0 Å². The average Bonchev–Trinajstić information content (AvgIpc) is 2.02. The quantitative estimate of drug-likeness (QED) is 0.768. The third-order valence-electron chi connectivity index (χ3n) is 1.30. The first-order chi connectivity index (χ1) is 6.15. The maximum absolute atomic E-state index is 12.9. The van der Waals surface area contributed by atoms with Crippen LogP contribution in [0, 0.1) is 17.5 Å². The van der Waals surface area contributed by atoms with Crippen LogP contribution >= 0.6 is 11.8 Å². The Morgan fingerprint density at radius 3 is 2.15 bits per heavy atom. The molecule has 72 valence electrons. The van der Waals surface area contributed by atoms with Gasteiger partial charge in [0.2, 0.25) is 0 Å². The summed E-state index contributed by atoms with van der Waals surface area (Å²) in [4.78, 5) is -0.254. The molecule has 0 amide bonds. The Balaban J connectivity index is 2.92. The first kappa shape index (κ1) is 10.4. The van der Waals surface area contributed by atoms with E-state index in [9.17, 15) is 13.2 Å². The number of thioether (sulfide) groups is 1. The van der Waals surface area contributed by atoms with Crippen molar-refractivity contribution in [3.8, 4) is 0 Å². The molecule has 0 radical (unpaired) electrons. The van der Waals surface area contributed by atoms with Crippen molar-refractivity contribution >= 4 is 11.8 Å². The minimum atomic E-state index is -0.941. The van der Waals surface area contributed by atoms with E-state index in [1.807, 2.05) is 0 Å². The van der Waals surface area contributed by atoms with Gasteiger partial charge in [-0.3, -0.25) is 0 Å². The summed E-state index contributed by atoms with van der Waals surface area (Å²) in [6, 6.07) is 1.23. The van der Waals surface area contributed by atoms with E-state index in [1.54, 1.807) is 0 Å². The number of aliphatic hydroxyl groups is 1. The minimum Gasteiger partial charge on any atom is -0.396 e. The van der Waals surface area contributed by atoms with Crippen molar-refractivity contribution in [1.29, 1.82) is 0 Å². The maximum atomic E-state index is 12.9. The van der Waals surface area contributed by atoms with Crippen molar-refractivity contribution in [2.75, 3.05) is 12.4 Å². The highest BCUT2D eigenvalue weighted by Crippen LogP contribution is 2.25. The maximum Gasteiger partial charge on any atom is 0.142 e. The van der Waals surface area contributed by atoms with Gasteiger partial charge < -0.3 is 5.11 Å².